The average molecular weight is 499 g/mol. The van der Waals surface area contributed by atoms with E-state index in [9.17, 15) is 18.0 Å². The maximum absolute atomic E-state index is 13.0. The van der Waals surface area contributed by atoms with Crippen molar-refractivity contribution < 1.29 is 22.7 Å². The number of rotatable bonds is 5. The molecule has 0 aliphatic rings. The molecule has 2 aromatic carbocycles. The van der Waals surface area contributed by atoms with Crippen molar-refractivity contribution in [2.45, 2.75) is 20.0 Å². The highest BCUT2D eigenvalue weighted by atomic mass is 35.5. The number of anilines is 2. The zero-order valence-electron chi connectivity index (χ0n) is 17.0. The minimum Gasteiger partial charge on any atom is -0.462 e. The number of benzene rings is 2. The zero-order chi connectivity index (χ0) is 23.5. The summed E-state index contributed by atoms with van der Waals surface area (Å²) in [6.07, 6.45) is -4.53. The fourth-order valence-corrected chi connectivity index (χ4v) is 4.55. The molecule has 10 heteroatoms. The van der Waals surface area contributed by atoms with Crippen molar-refractivity contribution in [3.8, 4) is 11.1 Å². The third-order valence-corrected chi connectivity index (χ3v) is 5.95. The molecule has 3 rings (SSSR count). The van der Waals surface area contributed by atoms with Crippen LogP contribution >= 0.6 is 35.2 Å². The molecule has 3 aromatic rings. The van der Waals surface area contributed by atoms with Gasteiger partial charge < -0.3 is 15.4 Å². The summed E-state index contributed by atoms with van der Waals surface area (Å²) >= 11 is 12.6. The molecule has 0 atom stereocenters. The minimum atomic E-state index is -4.53. The lowest BCUT2D eigenvalue weighted by atomic mass is 10.0. The maximum atomic E-state index is 13.0. The van der Waals surface area contributed by atoms with Gasteiger partial charge in [-0.05, 0) is 49.8 Å². The molecule has 1 heterocycles. The number of hydrogen-bond donors (Lipinski definition) is 2. The number of esters is 1. The normalized spacial score (nSPS) is 11.2. The second-order valence-corrected chi connectivity index (χ2v) is 8.64. The van der Waals surface area contributed by atoms with Crippen molar-refractivity contribution in [3.63, 3.8) is 0 Å². The Bertz CT molecular complexity index is 1150. The van der Waals surface area contributed by atoms with Crippen LogP contribution in [0.4, 0.5) is 23.9 Å². The van der Waals surface area contributed by atoms with E-state index in [0.717, 1.165) is 28.6 Å². The molecule has 0 saturated heterocycles. The lowest BCUT2D eigenvalue weighted by molar-refractivity contribution is -0.137. The van der Waals surface area contributed by atoms with Crippen molar-refractivity contribution in [1.82, 2.24) is 0 Å². The number of carbonyl (C=O) groups is 1. The number of thiocarbonyl (C=S) groups is 1. The van der Waals surface area contributed by atoms with Crippen LogP contribution in [0.15, 0.2) is 48.5 Å². The summed E-state index contributed by atoms with van der Waals surface area (Å²) in [5, 5.41) is 6.06. The highest BCUT2D eigenvalue weighted by Crippen LogP contribution is 2.40. The van der Waals surface area contributed by atoms with Crippen LogP contribution in [-0.2, 0) is 10.9 Å². The largest absolute Gasteiger partial charge is 0.462 e. The molecular weight excluding hydrogens is 481 g/mol. The summed E-state index contributed by atoms with van der Waals surface area (Å²) in [5.41, 5.74) is 0.972. The second kappa shape index (κ2) is 9.89. The molecule has 168 valence electrons. The Balaban J connectivity index is 1.94. The summed E-state index contributed by atoms with van der Waals surface area (Å²) in [6.45, 7) is 3.75. The standard InChI is InChI=1S/C22H18ClF3N2O2S2/c1-3-30-20(29)18-17(13-7-5-4-6-8-13)12(2)32-19(18)28-21(31)27-16-11-14(22(24,25)26)9-10-15(16)23/h4-11H,3H2,1-2H3,(H2,27,28,31). The van der Waals surface area contributed by atoms with Crippen LogP contribution in [0.25, 0.3) is 11.1 Å². The number of aryl methyl sites for hydroxylation is 1. The van der Waals surface area contributed by atoms with Gasteiger partial charge in [-0.1, -0.05) is 41.9 Å². The maximum Gasteiger partial charge on any atom is 0.416 e. The van der Waals surface area contributed by atoms with E-state index in [1.165, 1.54) is 11.3 Å². The van der Waals surface area contributed by atoms with Gasteiger partial charge in [0.15, 0.2) is 5.11 Å². The molecule has 32 heavy (non-hydrogen) atoms. The number of halogens is 4. The number of carbonyl (C=O) groups excluding carboxylic acids is 1. The number of thiophene rings is 1. The molecule has 0 fully saturated rings. The molecule has 0 aliphatic heterocycles. The molecule has 0 aliphatic carbocycles. The molecular formula is C22H18ClF3N2O2S2. The van der Waals surface area contributed by atoms with E-state index in [4.69, 9.17) is 28.6 Å². The Kier molecular flexibility index (Phi) is 7.43. The average Bonchev–Trinajstić information content (AvgIpc) is 3.05. The fraction of sp³-hybridized carbons (Fsp3) is 0.182. The van der Waals surface area contributed by atoms with Crippen LogP contribution < -0.4 is 10.6 Å². The zero-order valence-corrected chi connectivity index (χ0v) is 19.4. The molecule has 0 amide bonds. The number of nitrogens with one attached hydrogen (secondary N) is 2. The number of hydrogen-bond acceptors (Lipinski definition) is 4. The number of ether oxygens (including phenoxy) is 1. The molecule has 4 nitrogen and oxygen atoms in total. The van der Waals surface area contributed by atoms with Gasteiger partial charge in [0.1, 0.15) is 10.6 Å². The van der Waals surface area contributed by atoms with Crippen LogP contribution in [0.2, 0.25) is 5.02 Å². The van der Waals surface area contributed by atoms with Crippen LogP contribution in [0.1, 0.15) is 27.7 Å². The Hall–Kier alpha value is -2.62. The van der Waals surface area contributed by atoms with Gasteiger partial charge in [0.25, 0.3) is 0 Å². The second-order valence-electron chi connectivity index (χ2n) is 6.60. The van der Waals surface area contributed by atoms with Crippen molar-refractivity contribution in [1.29, 1.82) is 0 Å². The van der Waals surface area contributed by atoms with E-state index in [-0.39, 0.29) is 22.4 Å². The number of alkyl halides is 3. The van der Waals surface area contributed by atoms with E-state index in [1.807, 2.05) is 37.3 Å². The van der Waals surface area contributed by atoms with Crippen LogP contribution in [-0.4, -0.2) is 17.7 Å². The van der Waals surface area contributed by atoms with Gasteiger partial charge in [0.2, 0.25) is 0 Å². The highest BCUT2D eigenvalue weighted by molar-refractivity contribution is 7.80. The molecule has 0 saturated carbocycles. The smallest absolute Gasteiger partial charge is 0.416 e. The third-order valence-electron chi connectivity index (χ3n) is 4.40. The van der Waals surface area contributed by atoms with Gasteiger partial charge in [0.05, 0.1) is 22.9 Å². The summed E-state index contributed by atoms with van der Waals surface area (Å²) in [4.78, 5) is 13.6. The lowest BCUT2D eigenvalue weighted by Gasteiger charge is -2.14. The first-order valence-electron chi connectivity index (χ1n) is 9.42. The summed E-state index contributed by atoms with van der Waals surface area (Å²) in [6, 6.07) is 12.2. The first kappa shape index (κ1) is 24.0. The Labute approximate surface area is 197 Å². The van der Waals surface area contributed by atoms with Gasteiger partial charge in [-0.3, -0.25) is 0 Å². The van der Waals surface area contributed by atoms with Gasteiger partial charge in [0, 0.05) is 10.4 Å². The van der Waals surface area contributed by atoms with E-state index >= 15 is 0 Å². The highest BCUT2D eigenvalue weighted by Gasteiger charge is 2.31. The summed E-state index contributed by atoms with van der Waals surface area (Å²) in [7, 11) is 0. The third kappa shape index (κ3) is 5.40. The Morgan fingerprint density at radius 3 is 2.47 bits per heavy atom. The van der Waals surface area contributed by atoms with E-state index in [1.54, 1.807) is 6.92 Å². The van der Waals surface area contributed by atoms with Crippen LogP contribution in [0.3, 0.4) is 0 Å². The molecule has 0 radical (unpaired) electrons. The lowest BCUT2D eigenvalue weighted by Crippen LogP contribution is -2.21. The van der Waals surface area contributed by atoms with E-state index in [0.29, 0.717) is 16.1 Å². The predicted octanol–water partition coefficient (Wildman–Crippen LogP) is 7.38. The first-order chi connectivity index (χ1) is 15.1. The predicted molar refractivity (Wildman–Crippen MR) is 127 cm³/mol. The van der Waals surface area contributed by atoms with Crippen LogP contribution in [0, 0.1) is 6.92 Å². The van der Waals surface area contributed by atoms with Crippen molar-refractivity contribution >= 4 is 56.9 Å². The Morgan fingerprint density at radius 1 is 1.16 bits per heavy atom. The molecule has 0 unspecified atom stereocenters. The van der Waals surface area contributed by atoms with Crippen molar-refractivity contribution in [2.24, 2.45) is 0 Å². The van der Waals surface area contributed by atoms with Crippen molar-refractivity contribution in [3.05, 3.63) is 69.6 Å². The first-order valence-corrected chi connectivity index (χ1v) is 11.0. The summed E-state index contributed by atoms with van der Waals surface area (Å²) in [5.74, 6) is -0.530. The van der Waals surface area contributed by atoms with Crippen LogP contribution in [0.5, 0.6) is 0 Å². The van der Waals surface area contributed by atoms with E-state index in [2.05, 4.69) is 10.6 Å². The molecule has 1 aromatic heterocycles. The molecule has 0 spiro atoms. The Morgan fingerprint density at radius 2 is 1.84 bits per heavy atom. The van der Waals surface area contributed by atoms with Gasteiger partial charge >= 0.3 is 12.1 Å². The van der Waals surface area contributed by atoms with Gasteiger partial charge in [-0.25, -0.2) is 4.79 Å². The molecule has 2 N–H and O–H groups in total. The fourth-order valence-electron chi connectivity index (χ4n) is 3.04. The van der Waals surface area contributed by atoms with Gasteiger partial charge in [-0.2, -0.15) is 13.2 Å². The molecule has 0 bridgehead atoms. The monoisotopic (exact) mass is 498 g/mol. The van der Waals surface area contributed by atoms with Gasteiger partial charge in [-0.15, -0.1) is 11.3 Å². The SMILES string of the molecule is CCOC(=O)c1c(NC(=S)Nc2cc(C(F)(F)F)ccc2Cl)sc(C)c1-c1ccccc1. The van der Waals surface area contributed by atoms with Crippen molar-refractivity contribution in [2.75, 3.05) is 17.2 Å². The van der Waals surface area contributed by atoms with E-state index < -0.39 is 17.7 Å². The quantitative estimate of drug-likeness (QED) is 0.284. The minimum absolute atomic E-state index is 0.00626. The summed E-state index contributed by atoms with van der Waals surface area (Å²) < 4.78 is 44.3. The topological polar surface area (TPSA) is 50.4 Å².